The molecule has 31 heavy (non-hydrogen) atoms. The second-order valence-electron chi connectivity index (χ2n) is 6.13. The van der Waals surface area contributed by atoms with E-state index in [4.69, 9.17) is 0 Å². The molecule has 2 N–H and O–H groups in total. The molecule has 0 spiro atoms. The SMILES string of the molecule is CCC(C(=O)N/N=C/c1cccc([N+](=O)[O-])c1)C(=O)N/N=C/c1cccc([N+](=O)[O-])c1. The molecule has 12 nitrogen and oxygen atoms in total. The normalized spacial score (nSPS) is 11.0. The predicted molar refractivity (Wildman–Crippen MR) is 111 cm³/mol. The van der Waals surface area contributed by atoms with Gasteiger partial charge in [0, 0.05) is 35.4 Å². The maximum atomic E-state index is 12.2. The number of hydrogen-bond donors (Lipinski definition) is 2. The molecule has 0 heterocycles. The molecule has 160 valence electrons. The van der Waals surface area contributed by atoms with Crippen LogP contribution in [0.4, 0.5) is 11.4 Å². The molecule has 0 fully saturated rings. The minimum absolute atomic E-state index is 0.123. The van der Waals surface area contributed by atoms with Gasteiger partial charge in [-0.3, -0.25) is 29.8 Å². The molecule has 0 radical (unpaired) electrons. The van der Waals surface area contributed by atoms with Crippen molar-refractivity contribution >= 4 is 35.6 Å². The van der Waals surface area contributed by atoms with E-state index >= 15 is 0 Å². The molecular weight excluding hydrogens is 408 g/mol. The maximum Gasteiger partial charge on any atom is 0.270 e. The molecule has 0 atom stereocenters. The summed E-state index contributed by atoms with van der Waals surface area (Å²) in [6.45, 7) is 1.62. The first-order chi connectivity index (χ1) is 14.8. The van der Waals surface area contributed by atoms with Crippen LogP contribution in [0, 0.1) is 26.1 Å². The van der Waals surface area contributed by atoms with E-state index in [9.17, 15) is 29.8 Å². The molecule has 0 aliphatic carbocycles. The average molecular weight is 426 g/mol. The van der Waals surface area contributed by atoms with Gasteiger partial charge in [-0.15, -0.1) is 0 Å². The van der Waals surface area contributed by atoms with Crippen LogP contribution in [0.15, 0.2) is 58.7 Å². The lowest BCUT2D eigenvalue weighted by molar-refractivity contribution is -0.385. The molecule has 0 aliphatic heterocycles. The highest BCUT2D eigenvalue weighted by Gasteiger charge is 2.24. The summed E-state index contributed by atoms with van der Waals surface area (Å²) in [6, 6.07) is 11.3. The Bertz CT molecular complexity index is 970. The van der Waals surface area contributed by atoms with Crippen molar-refractivity contribution in [2.45, 2.75) is 13.3 Å². The average Bonchev–Trinajstić information content (AvgIpc) is 2.74. The quantitative estimate of drug-likeness (QED) is 0.269. The summed E-state index contributed by atoms with van der Waals surface area (Å²) in [6.07, 6.45) is 2.60. The van der Waals surface area contributed by atoms with Crippen LogP contribution in [0.5, 0.6) is 0 Å². The Hall–Kier alpha value is -4.48. The molecule has 0 bridgehead atoms. The lowest BCUT2D eigenvalue weighted by Gasteiger charge is -2.10. The lowest BCUT2D eigenvalue weighted by atomic mass is 10.1. The fraction of sp³-hybridized carbons (Fsp3) is 0.158. The first-order valence-corrected chi connectivity index (χ1v) is 8.96. The smallest absolute Gasteiger partial charge is 0.270 e. The minimum atomic E-state index is -1.09. The van der Waals surface area contributed by atoms with Gasteiger partial charge in [-0.1, -0.05) is 31.2 Å². The zero-order valence-corrected chi connectivity index (χ0v) is 16.3. The van der Waals surface area contributed by atoms with Crippen molar-refractivity contribution in [1.82, 2.24) is 10.9 Å². The largest absolute Gasteiger partial charge is 0.272 e. The lowest BCUT2D eigenvalue weighted by Crippen LogP contribution is -2.37. The zero-order chi connectivity index (χ0) is 22.8. The van der Waals surface area contributed by atoms with E-state index in [0.717, 1.165) is 0 Å². The van der Waals surface area contributed by atoms with Crippen molar-refractivity contribution in [3.8, 4) is 0 Å². The highest BCUT2D eigenvalue weighted by Crippen LogP contribution is 2.12. The van der Waals surface area contributed by atoms with Crippen LogP contribution in [-0.4, -0.2) is 34.1 Å². The summed E-state index contributed by atoms with van der Waals surface area (Å²) in [4.78, 5) is 44.9. The summed E-state index contributed by atoms with van der Waals surface area (Å²) in [5, 5.41) is 29.0. The van der Waals surface area contributed by atoms with Gasteiger partial charge in [0.15, 0.2) is 0 Å². The Kier molecular flexibility index (Phi) is 8.02. The predicted octanol–water partition coefficient (Wildman–Crippen LogP) is 2.13. The van der Waals surface area contributed by atoms with Gasteiger partial charge in [-0.2, -0.15) is 10.2 Å². The van der Waals surface area contributed by atoms with E-state index in [1.54, 1.807) is 19.1 Å². The maximum absolute atomic E-state index is 12.2. The molecule has 2 rings (SSSR count). The molecule has 12 heteroatoms. The summed E-state index contributed by atoms with van der Waals surface area (Å²) in [5.74, 6) is -2.47. The molecular formula is C19H18N6O6. The van der Waals surface area contributed by atoms with Gasteiger partial charge in [-0.05, 0) is 6.42 Å². The van der Waals surface area contributed by atoms with Crippen molar-refractivity contribution in [2.75, 3.05) is 0 Å². The molecule has 0 aromatic heterocycles. The fourth-order valence-electron chi connectivity index (χ4n) is 2.42. The number of nitro groups is 2. The molecule has 0 aliphatic rings. The molecule has 2 aromatic rings. The standard InChI is InChI=1S/C19H18N6O6/c1-2-17(18(26)22-20-11-13-5-3-7-15(9-13)24(28)29)19(27)23-21-12-14-6-4-8-16(10-14)25(30)31/h3-12,17H,2H2,1H3,(H,22,26)(H,23,27)/b20-11+,21-12+. The van der Waals surface area contributed by atoms with E-state index < -0.39 is 27.6 Å². The Labute approximate surface area is 176 Å². The third-order valence-corrected chi connectivity index (χ3v) is 3.98. The number of benzene rings is 2. The molecule has 0 saturated heterocycles. The number of hydrogen-bond acceptors (Lipinski definition) is 8. The van der Waals surface area contributed by atoms with Gasteiger partial charge < -0.3 is 0 Å². The molecule has 0 saturated carbocycles. The van der Waals surface area contributed by atoms with Gasteiger partial charge in [-0.25, -0.2) is 10.9 Å². The Morgan fingerprint density at radius 3 is 1.68 bits per heavy atom. The third kappa shape index (κ3) is 6.81. The van der Waals surface area contributed by atoms with Crippen LogP contribution in [0.25, 0.3) is 0 Å². The Morgan fingerprint density at radius 2 is 1.32 bits per heavy atom. The first kappa shape index (κ1) is 22.8. The second kappa shape index (κ2) is 10.9. The highest BCUT2D eigenvalue weighted by atomic mass is 16.6. The van der Waals surface area contributed by atoms with Gasteiger partial charge in [0.25, 0.3) is 23.2 Å². The topological polar surface area (TPSA) is 169 Å². The number of carbonyl (C=O) groups is 2. The van der Waals surface area contributed by atoms with Crippen LogP contribution in [0.3, 0.4) is 0 Å². The fourth-order valence-corrected chi connectivity index (χ4v) is 2.42. The minimum Gasteiger partial charge on any atom is -0.272 e. The van der Waals surface area contributed by atoms with E-state index in [-0.39, 0.29) is 17.8 Å². The Morgan fingerprint density at radius 1 is 0.903 bits per heavy atom. The summed E-state index contributed by atoms with van der Waals surface area (Å²) < 4.78 is 0. The number of non-ortho nitro benzene ring substituents is 2. The van der Waals surface area contributed by atoms with E-state index in [0.29, 0.717) is 11.1 Å². The number of nitrogens with one attached hydrogen (secondary N) is 2. The second-order valence-corrected chi connectivity index (χ2v) is 6.13. The summed E-state index contributed by atoms with van der Waals surface area (Å²) >= 11 is 0. The number of rotatable bonds is 9. The van der Waals surface area contributed by atoms with Crippen molar-refractivity contribution < 1.29 is 19.4 Å². The van der Waals surface area contributed by atoms with Crippen molar-refractivity contribution in [1.29, 1.82) is 0 Å². The number of carbonyl (C=O) groups excluding carboxylic acids is 2. The van der Waals surface area contributed by atoms with Crippen LogP contribution in [-0.2, 0) is 9.59 Å². The van der Waals surface area contributed by atoms with Gasteiger partial charge in [0.05, 0.1) is 22.3 Å². The monoisotopic (exact) mass is 426 g/mol. The summed E-state index contributed by atoms with van der Waals surface area (Å²) in [5.41, 5.74) is 4.97. The van der Waals surface area contributed by atoms with Crippen LogP contribution in [0.1, 0.15) is 24.5 Å². The van der Waals surface area contributed by atoms with Crippen molar-refractivity contribution in [3.05, 3.63) is 79.9 Å². The highest BCUT2D eigenvalue weighted by molar-refractivity contribution is 6.00. The van der Waals surface area contributed by atoms with Gasteiger partial charge in [0.1, 0.15) is 5.92 Å². The van der Waals surface area contributed by atoms with E-state index in [1.165, 1.54) is 48.8 Å². The summed E-state index contributed by atoms with van der Waals surface area (Å²) in [7, 11) is 0. The number of nitro benzene ring substituents is 2. The first-order valence-electron chi connectivity index (χ1n) is 8.96. The number of hydrazone groups is 2. The van der Waals surface area contributed by atoms with Gasteiger partial charge >= 0.3 is 0 Å². The zero-order valence-electron chi connectivity index (χ0n) is 16.3. The van der Waals surface area contributed by atoms with Crippen molar-refractivity contribution in [2.24, 2.45) is 16.1 Å². The van der Waals surface area contributed by atoms with E-state index in [2.05, 4.69) is 21.1 Å². The Balaban J connectivity index is 1.94. The number of nitrogens with zero attached hydrogens (tertiary/aromatic N) is 4. The molecule has 0 unspecified atom stereocenters. The molecule has 2 amide bonds. The number of amides is 2. The van der Waals surface area contributed by atoms with E-state index in [1.807, 2.05) is 0 Å². The van der Waals surface area contributed by atoms with Crippen LogP contribution in [0.2, 0.25) is 0 Å². The van der Waals surface area contributed by atoms with Crippen molar-refractivity contribution in [3.63, 3.8) is 0 Å². The van der Waals surface area contributed by atoms with Gasteiger partial charge in [0.2, 0.25) is 0 Å². The van der Waals surface area contributed by atoms with Crippen LogP contribution < -0.4 is 10.9 Å². The third-order valence-electron chi connectivity index (χ3n) is 3.98. The molecule has 2 aromatic carbocycles. The van der Waals surface area contributed by atoms with Crippen LogP contribution >= 0.6 is 0 Å².